The van der Waals surface area contributed by atoms with E-state index in [0.717, 1.165) is 26.4 Å². The summed E-state index contributed by atoms with van der Waals surface area (Å²) in [6, 6.07) is 22.8. The van der Waals surface area contributed by atoms with Gasteiger partial charge >= 0.3 is 5.97 Å². The van der Waals surface area contributed by atoms with Gasteiger partial charge in [-0.1, -0.05) is 42.5 Å². The highest BCUT2D eigenvalue weighted by molar-refractivity contribution is 7.18. The number of rotatable bonds is 4. The number of esters is 1. The molecule has 1 amide bonds. The molecule has 1 atom stereocenters. The number of aromatic nitrogens is 1. The summed E-state index contributed by atoms with van der Waals surface area (Å²) in [4.78, 5) is 31.8. The Labute approximate surface area is 183 Å². The average Bonchev–Trinajstić information content (AvgIpc) is 3.21. The van der Waals surface area contributed by atoms with E-state index in [4.69, 9.17) is 4.74 Å². The fraction of sp³-hybridized carbons (Fsp3) is 0.160. The molecular formula is C25H20N2O3S. The van der Waals surface area contributed by atoms with Crippen LogP contribution in [0.5, 0.6) is 0 Å². The third-order valence-corrected chi connectivity index (χ3v) is 6.48. The highest BCUT2D eigenvalue weighted by atomic mass is 32.1. The molecule has 31 heavy (non-hydrogen) atoms. The molecule has 0 unspecified atom stereocenters. The summed E-state index contributed by atoms with van der Waals surface area (Å²) in [7, 11) is 1.77. The third kappa shape index (κ3) is 3.82. The molecule has 5 rings (SSSR count). The molecule has 154 valence electrons. The minimum absolute atomic E-state index is 0.0998. The Kier molecular flexibility index (Phi) is 5.00. The summed E-state index contributed by atoms with van der Waals surface area (Å²) in [5.74, 6) is -0.450. The van der Waals surface area contributed by atoms with E-state index in [1.54, 1.807) is 35.4 Å². The molecular weight excluding hydrogens is 408 g/mol. The van der Waals surface area contributed by atoms with Crippen LogP contribution in [-0.4, -0.2) is 28.8 Å². The van der Waals surface area contributed by atoms with Crippen LogP contribution in [0, 0.1) is 0 Å². The second-order valence-corrected chi connectivity index (χ2v) is 8.73. The molecule has 0 N–H and O–H groups in total. The van der Waals surface area contributed by atoms with Crippen LogP contribution in [0.4, 0.5) is 0 Å². The zero-order valence-corrected chi connectivity index (χ0v) is 17.8. The Hall–Kier alpha value is -3.51. The number of carbonyl (C=O) groups is 2. The van der Waals surface area contributed by atoms with Gasteiger partial charge in [-0.05, 0) is 41.5 Å². The van der Waals surface area contributed by atoms with E-state index in [-0.39, 0.29) is 18.0 Å². The molecule has 3 aromatic carbocycles. The standard InChI is InChI=1S/C25H20N2O3S/c1-27(15-23-26-20-9-5-6-10-22(20)31-23)24(28)17-11-12-19-18(13-17)14-21(30-25(19)29)16-7-3-2-4-8-16/h2-13,21H,14-15H2,1H3/t21-/m1/s1. The highest BCUT2D eigenvalue weighted by Gasteiger charge is 2.28. The van der Waals surface area contributed by atoms with Gasteiger partial charge in [0.15, 0.2) is 0 Å². The zero-order chi connectivity index (χ0) is 21.4. The fourth-order valence-electron chi connectivity index (χ4n) is 3.87. The van der Waals surface area contributed by atoms with Crippen LogP contribution < -0.4 is 0 Å². The van der Waals surface area contributed by atoms with Crippen molar-refractivity contribution in [3.05, 3.63) is 100 Å². The maximum absolute atomic E-state index is 13.1. The molecule has 5 nitrogen and oxygen atoms in total. The van der Waals surface area contributed by atoms with Crippen LogP contribution in [0.1, 0.15) is 43.0 Å². The maximum Gasteiger partial charge on any atom is 0.339 e. The number of benzene rings is 3. The molecule has 0 bridgehead atoms. The average molecular weight is 429 g/mol. The van der Waals surface area contributed by atoms with Crippen molar-refractivity contribution in [2.45, 2.75) is 19.1 Å². The fourth-order valence-corrected chi connectivity index (χ4v) is 4.89. The topological polar surface area (TPSA) is 59.5 Å². The van der Waals surface area contributed by atoms with Crippen molar-refractivity contribution in [3.63, 3.8) is 0 Å². The molecule has 0 radical (unpaired) electrons. The summed E-state index contributed by atoms with van der Waals surface area (Å²) in [5.41, 5.74) is 3.82. The van der Waals surface area contributed by atoms with E-state index >= 15 is 0 Å². The zero-order valence-electron chi connectivity index (χ0n) is 16.9. The molecule has 0 saturated heterocycles. The molecule has 0 saturated carbocycles. The van der Waals surface area contributed by atoms with E-state index in [1.165, 1.54) is 0 Å². The Morgan fingerprint density at radius 3 is 2.68 bits per heavy atom. The monoisotopic (exact) mass is 428 g/mol. The second kappa shape index (κ2) is 7.96. The van der Waals surface area contributed by atoms with Gasteiger partial charge in [0.1, 0.15) is 11.1 Å². The number of cyclic esters (lactones) is 1. The summed E-state index contributed by atoms with van der Waals surface area (Å²) in [6.45, 7) is 0.434. The number of ether oxygens (including phenoxy) is 1. The molecule has 0 spiro atoms. The van der Waals surface area contributed by atoms with Gasteiger partial charge < -0.3 is 9.64 Å². The van der Waals surface area contributed by atoms with Gasteiger partial charge in [-0.3, -0.25) is 4.79 Å². The van der Waals surface area contributed by atoms with Crippen LogP contribution in [-0.2, 0) is 17.7 Å². The van der Waals surface area contributed by atoms with Crippen molar-refractivity contribution in [2.75, 3.05) is 7.05 Å². The Bertz CT molecular complexity index is 1250. The van der Waals surface area contributed by atoms with Crippen molar-refractivity contribution in [3.8, 4) is 0 Å². The lowest BCUT2D eigenvalue weighted by molar-refractivity contribution is 0.0252. The number of carbonyl (C=O) groups excluding carboxylic acids is 2. The number of para-hydroxylation sites is 1. The molecule has 0 fully saturated rings. The van der Waals surface area contributed by atoms with Crippen molar-refractivity contribution >= 4 is 33.4 Å². The molecule has 4 aromatic rings. The van der Waals surface area contributed by atoms with Gasteiger partial charge in [-0.15, -0.1) is 11.3 Å². The molecule has 1 aliphatic rings. The first kappa shape index (κ1) is 19.5. The largest absolute Gasteiger partial charge is 0.454 e. The van der Waals surface area contributed by atoms with Crippen LogP contribution in [0.25, 0.3) is 10.2 Å². The number of hydrogen-bond acceptors (Lipinski definition) is 5. The van der Waals surface area contributed by atoms with Crippen molar-refractivity contribution in [1.82, 2.24) is 9.88 Å². The van der Waals surface area contributed by atoms with E-state index in [0.29, 0.717) is 24.1 Å². The van der Waals surface area contributed by atoms with E-state index < -0.39 is 0 Å². The first-order chi connectivity index (χ1) is 15.1. The van der Waals surface area contributed by atoms with Gasteiger partial charge in [-0.2, -0.15) is 0 Å². The van der Waals surface area contributed by atoms with Crippen LogP contribution in [0.3, 0.4) is 0 Å². The molecule has 0 aliphatic carbocycles. The number of amides is 1. The Balaban J connectivity index is 1.37. The number of fused-ring (bicyclic) bond motifs is 2. The highest BCUT2D eigenvalue weighted by Crippen LogP contribution is 2.31. The quantitative estimate of drug-likeness (QED) is 0.428. The summed E-state index contributed by atoms with van der Waals surface area (Å²) >= 11 is 1.59. The van der Waals surface area contributed by atoms with Gasteiger partial charge in [-0.25, -0.2) is 9.78 Å². The lowest BCUT2D eigenvalue weighted by atomic mass is 9.93. The maximum atomic E-state index is 13.1. The predicted octanol–water partition coefficient (Wildman–Crippen LogP) is 5.02. The second-order valence-electron chi connectivity index (χ2n) is 7.62. The number of nitrogens with zero attached hydrogens (tertiary/aromatic N) is 2. The normalized spacial score (nSPS) is 15.4. The van der Waals surface area contributed by atoms with E-state index in [2.05, 4.69) is 4.98 Å². The molecule has 1 aliphatic heterocycles. The molecule has 2 heterocycles. The van der Waals surface area contributed by atoms with E-state index in [9.17, 15) is 9.59 Å². The van der Waals surface area contributed by atoms with Gasteiger partial charge in [0.2, 0.25) is 0 Å². The summed E-state index contributed by atoms with van der Waals surface area (Å²) in [5, 5.41) is 0.891. The predicted molar refractivity (Wildman–Crippen MR) is 120 cm³/mol. The van der Waals surface area contributed by atoms with Crippen molar-refractivity contribution < 1.29 is 14.3 Å². The molecule has 1 aromatic heterocycles. The summed E-state index contributed by atoms with van der Waals surface area (Å²) in [6.07, 6.45) is 0.209. The minimum atomic E-state index is -0.350. The van der Waals surface area contributed by atoms with Crippen molar-refractivity contribution in [1.29, 1.82) is 0 Å². The van der Waals surface area contributed by atoms with E-state index in [1.807, 2.05) is 60.7 Å². The van der Waals surface area contributed by atoms with Crippen LogP contribution >= 0.6 is 11.3 Å². The number of hydrogen-bond donors (Lipinski definition) is 0. The Morgan fingerprint density at radius 1 is 1.10 bits per heavy atom. The van der Waals surface area contributed by atoms with Gasteiger partial charge in [0, 0.05) is 19.0 Å². The van der Waals surface area contributed by atoms with Crippen LogP contribution in [0.2, 0.25) is 0 Å². The summed E-state index contributed by atoms with van der Waals surface area (Å²) < 4.78 is 6.72. The minimum Gasteiger partial charge on any atom is -0.454 e. The van der Waals surface area contributed by atoms with Gasteiger partial charge in [0.05, 0.1) is 22.3 Å². The first-order valence-corrected chi connectivity index (χ1v) is 10.9. The smallest absolute Gasteiger partial charge is 0.339 e. The van der Waals surface area contributed by atoms with Crippen LogP contribution in [0.15, 0.2) is 72.8 Å². The lowest BCUT2D eigenvalue weighted by Crippen LogP contribution is -2.27. The van der Waals surface area contributed by atoms with Gasteiger partial charge in [0.25, 0.3) is 5.91 Å². The number of thiazole rings is 1. The Morgan fingerprint density at radius 2 is 1.87 bits per heavy atom. The lowest BCUT2D eigenvalue weighted by Gasteiger charge is -2.25. The first-order valence-electron chi connectivity index (χ1n) is 10.1. The van der Waals surface area contributed by atoms with Crippen molar-refractivity contribution in [2.24, 2.45) is 0 Å². The third-order valence-electron chi connectivity index (χ3n) is 5.46. The molecule has 6 heteroatoms. The SMILES string of the molecule is CN(Cc1nc2ccccc2s1)C(=O)c1ccc2c(c1)C[C@H](c1ccccc1)OC2=O.